The fourth-order valence-corrected chi connectivity index (χ4v) is 1.64. The summed E-state index contributed by atoms with van der Waals surface area (Å²) in [5.41, 5.74) is -0.466. The number of nitrogens with zero attached hydrogens (tertiary/aromatic N) is 1. The van der Waals surface area contributed by atoms with Crippen LogP contribution in [0.4, 0.5) is 4.79 Å². The summed E-state index contributed by atoms with van der Waals surface area (Å²) >= 11 is 1.51. The predicted octanol–water partition coefficient (Wildman–Crippen LogP) is 2.73. The van der Waals surface area contributed by atoms with E-state index in [1.165, 1.54) is 11.3 Å². The molecule has 0 saturated carbocycles. The Bertz CT molecular complexity index is 317. The summed E-state index contributed by atoms with van der Waals surface area (Å²) < 4.78 is 5.13. The molecule has 1 amide bonds. The largest absolute Gasteiger partial charge is 0.444 e. The molecule has 0 radical (unpaired) electrons. The number of amides is 1. The maximum absolute atomic E-state index is 11.4. The summed E-state index contributed by atoms with van der Waals surface area (Å²) in [6.07, 6.45) is 1.30. The topological polar surface area (TPSA) is 51.2 Å². The van der Waals surface area contributed by atoms with E-state index in [-0.39, 0.29) is 6.04 Å². The zero-order valence-corrected chi connectivity index (χ0v) is 10.2. The van der Waals surface area contributed by atoms with Gasteiger partial charge in [-0.05, 0) is 27.7 Å². The molecule has 5 heteroatoms. The quantitative estimate of drug-likeness (QED) is 0.846. The van der Waals surface area contributed by atoms with Crippen LogP contribution in [0.5, 0.6) is 0 Å². The number of thiazole rings is 1. The number of aromatic nitrogens is 1. The average Bonchev–Trinajstić information content (AvgIpc) is 2.50. The molecule has 0 fully saturated rings. The third-order valence-corrected chi connectivity index (χ3v) is 2.51. The minimum Gasteiger partial charge on any atom is -0.444 e. The van der Waals surface area contributed by atoms with Crippen LogP contribution in [-0.2, 0) is 4.74 Å². The molecule has 1 rings (SSSR count). The van der Waals surface area contributed by atoms with Gasteiger partial charge in [0.05, 0.1) is 6.04 Å². The third-order valence-electron chi connectivity index (χ3n) is 1.56. The van der Waals surface area contributed by atoms with Crippen molar-refractivity contribution in [2.24, 2.45) is 0 Å². The van der Waals surface area contributed by atoms with Gasteiger partial charge in [0.25, 0.3) is 0 Å². The van der Waals surface area contributed by atoms with Crippen LogP contribution in [-0.4, -0.2) is 16.7 Å². The van der Waals surface area contributed by atoms with Crippen LogP contribution < -0.4 is 5.32 Å². The highest BCUT2D eigenvalue weighted by atomic mass is 32.1. The Labute approximate surface area is 93.7 Å². The molecule has 0 saturated heterocycles. The van der Waals surface area contributed by atoms with Crippen molar-refractivity contribution in [2.75, 3.05) is 0 Å². The first kappa shape index (κ1) is 12.0. The number of nitrogens with one attached hydrogen (secondary N) is 1. The number of hydrogen-bond donors (Lipinski definition) is 1. The van der Waals surface area contributed by atoms with Crippen LogP contribution >= 0.6 is 11.3 Å². The second-order valence-electron chi connectivity index (χ2n) is 4.24. The highest BCUT2D eigenvalue weighted by Gasteiger charge is 2.18. The van der Waals surface area contributed by atoms with Gasteiger partial charge in [-0.15, -0.1) is 11.3 Å². The molecular weight excluding hydrogens is 212 g/mol. The molecule has 1 heterocycles. The fraction of sp³-hybridized carbons (Fsp3) is 0.600. The first-order chi connectivity index (χ1) is 6.88. The molecule has 0 aliphatic rings. The van der Waals surface area contributed by atoms with Crippen LogP contribution in [0.15, 0.2) is 11.6 Å². The van der Waals surface area contributed by atoms with E-state index in [4.69, 9.17) is 4.74 Å². The standard InChI is InChI=1S/C10H16N2O2S/c1-7(8-11-5-6-15-8)12-9(13)14-10(2,3)4/h5-7H,1-4H3,(H,12,13)/t7-/m1/s1. The normalized spacial score (nSPS) is 13.3. The highest BCUT2D eigenvalue weighted by molar-refractivity contribution is 7.09. The summed E-state index contributed by atoms with van der Waals surface area (Å²) in [5, 5.41) is 5.48. The van der Waals surface area contributed by atoms with Crippen LogP contribution in [0, 0.1) is 0 Å². The second-order valence-corrected chi connectivity index (χ2v) is 5.16. The molecule has 15 heavy (non-hydrogen) atoms. The minimum atomic E-state index is -0.466. The predicted molar refractivity (Wildman–Crippen MR) is 59.9 cm³/mol. The van der Waals surface area contributed by atoms with Gasteiger partial charge in [0.2, 0.25) is 0 Å². The van der Waals surface area contributed by atoms with Gasteiger partial charge >= 0.3 is 6.09 Å². The van der Waals surface area contributed by atoms with Crippen LogP contribution in [0.1, 0.15) is 38.7 Å². The molecule has 0 bridgehead atoms. The molecule has 0 spiro atoms. The summed E-state index contributed by atoms with van der Waals surface area (Å²) in [6.45, 7) is 7.38. The third kappa shape index (κ3) is 4.29. The Kier molecular flexibility index (Phi) is 3.68. The number of rotatable bonds is 2. The van der Waals surface area contributed by atoms with Crippen molar-refractivity contribution >= 4 is 17.4 Å². The second kappa shape index (κ2) is 4.61. The number of carbonyl (C=O) groups is 1. The van der Waals surface area contributed by atoms with Crippen molar-refractivity contribution in [3.05, 3.63) is 16.6 Å². The van der Waals surface area contributed by atoms with E-state index in [9.17, 15) is 4.79 Å². The van der Waals surface area contributed by atoms with Crippen LogP contribution in [0.2, 0.25) is 0 Å². The van der Waals surface area contributed by atoms with Crippen molar-refractivity contribution in [1.29, 1.82) is 0 Å². The average molecular weight is 228 g/mol. The zero-order chi connectivity index (χ0) is 11.5. The van der Waals surface area contributed by atoms with Crippen molar-refractivity contribution in [2.45, 2.75) is 39.3 Å². The van der Waals surface area contributed by atoms with E-state index >= 15 is 0 Å². The first-order valence-electron chi connectivity index (χ1n) is 4.77. The Hall–Kier alpha value is -1.10. The van der Waals surface area contributed by atoms with Gasteiger partial charge in [0.15, 0.2) is 0 Å². The van der Waals surface area contributed by atoms with Crippen LogP contribution in [0.25, 0.3) is 0 Å². The summed E-state index contributed by atoms with van der Waals surface area (Å²) in [4.78, 5) is 15.5. The Morgan fingerprint density at radius 2 is 2.27 bits per heavy atom. The lowest BCUT2D eigenvalue weighted by atomic mass is 10.2. The smallest absolute Gasteiger partial charge is 0.408 e. The number of alkyl carbamates (subject to hydrolysis) is 1. The number of hydrogen-bond acceptors (Lipinski definition) is 4. The molecule has 1 atom stereocenters. The summed E-state index contributed by atoms with van der Waals surface area (Å²) in [5.74, 6) is 0. The van der Waals surface area contributed by atoms with Crippen molar-refractivity contribution in [3.8, 4) is 0 Å². The number of ether oxygens (including phenoxy) is 1. The van der Waals surface area contributed by atoms with Gasteiger partial charge < -0.3 is 10.1 Å². The monoisotopic (exact) mass is 228 g/mol. The van der Waals surface area contributed by atoms with Gasteiger partial charge in [-0.2, -0.15) is 0 Å². The van der Waals surface area contributed by atoms with Crippen LogP contribution in [0.3, 0.4) is 0 Å². The lowest BCUT2D eigenvalue weighted by Crippen LogP contribution is -2.33. The molecule has 1 aromatic heterocycles. The van der Waals surface area contributed by atoms with E-state index in [2.05, 4.69) is 10.3 Å². The van der Waals surface area contributed by atoms with Gasteiger partial charge in [0.1, 0.15) is 10.6 Å². The Balaban J connectivity index is 2.45. The Morgan fingerprint density at radius 3 is 2.73 bits per heavy atom. The highest BCUT2D eigenvalue weighted by Crippen LogP contribution is 2.15. The van der Waals surface area contributed by atoms with E-state index in [0.29, 0.717) is 0 Å². The van der Waals surface area contributed by atoms with Gasteiger partial charge in [-0.3, -0.25) is 0 Å². The van der Waals surface area contributed by atoms with Crippen molar-refractivity contribution in [1.82, 2.24) is 10.3 Å². The maximum Gasteiger partial charge on any atom is 0.408 e. The number of carbonyl (C=O) groups excluding carboxylic acids is 1. The van der Waals surface area contributed by atoms with E-state index in [1.54, 1.807) is 6.20 Å². The maximum atomic E-state index is 11.4. The van der Waals surface area contributed by atoms with Gasteiger partial charge in [0, 0.05) is 11.6 Å². The fourth-order valence-electron chi connectivity index (χ4n) is 0.994. The van der Waals surface area contributed by atoms with Gasteiger partial charge in [-0.25, -0.2) is 9.78 Å². The molecule has 4 nitrogen and oxygen atoms in total. The van der Waals surface area contributed by atoms with E-state index in [1.807, 2.05) is 33.1 Å². The molecule has 1 N–H and O–H groups in total. The SMILES string of the molecule is C[C@@H](NC(=O)OC(C)(C)C)c1nccs1. The first-order valence-corrected chi connectivity index (χ1v) is 5.65. The lowest BCUT2D eigenvalue weighted by molar-refractivity contribution is 0.0508. The molecule has 0 aromatic carbocycles. The van der Waals surface area contributed by atoms with E-state index in [0.717, 1.165) is 5.01 Å². The molecule has 1 aromatic rings. The molecule has 84 valence electrons. The Morgan fingerprint density at radius 1 is 1.60 bits per heavy atom. The molecule has 0 aliphatic carbocycles. The van der Waals surface area contributed by atoms with Crippen molar-refractivity contribution in [3.63, 3.8) is 0 Å². The zero-order valence-electron chi connectivity index (χ0n) is 9.40. The molecular formula is C10H16N2O2S. The van der Waals surface area contributed by atoms with Crippen molar-refractivity contribution < 1.29 is 9.53 Å². The molecule has 0 aliphatic heterocycles. The summed E-state index contributed by atoms with van der Waals surface area (Å²) in [7, 11) is 0. The summed E-state index contributed by atoms with van der Waals surface area (Å²) in [6, 6.07) is -0.111. The lowest BCUT2D eigenvalue weighted by Gasteiger charge is -2.21. The molecule has 0 unspecified atom stereocenters. The van der Waals surface area contributed by atoms with Gasteiger partial charge in [-0.1, -0.05) is 0 Å². The minimum absolute atomic E-state index is 0.111. The van der Waals surface area contributed by atoms with E-state index < -0.39 is 11.7 Å².